The molecular formula is C15H13NOS2. The molecule has 2 nitrogen and oxygen atoms in total. The van der Waals surface area contributed by atoms with E-state index >= 15 is 0 Å². The zero-order chi connectivity index (χ0) is 13.4. The summed E-state index contributed by atoms with van der Waals surface area (Å²) >= 11 is 6.72. The van der Waals surface area contributed by atoms with Gasteiger partial charge in [0, 0.05) is 22.7 Å². The van der Waals surface area contributed by atoms with E-state index < -0.39 is 0 Å². The second-order valence-corrected chi connectivity index (χ2v) is 6.33. The monoisotopic (exact) mass is 287 g/mol. The van der Waals surface area contributed by atoms with Gasteiger partial charge in [-0.25, -0.2) is 0 Å². The number of ketones is 1. The van der Waals surface area contributed by atoms with Crippen molar-refractivity contribution in [3.63, 3.8) is 0 Å². The third kappa shape index (κ3) is 2.15. The number of aromatic nitrogens is 1. The van der Waals surface area contributed by atoms with Crippen molar-refractivity contribution in [3.8, 4) is 0 Å². The van der Waals surface area contributed by atoms with Crippen molar-refractivity contribution in [1.82, 2.24) is 4.98 Å². The standard InChI is InChI=1S/C15H13NOS2/c1-2-10-14(17)13(19-15(10)18)7-9-8-16-12-6-4-3-5-11(9)12/h3-8,10,16H,2H2,1H3/b13-7-. The van der Waals surface area contributed by atoms with Gasteiger partial charge in [-0.3, -0.25) is 4.79 Å². The number of Topliss-reactive ketones (excluding diaryl/α,β-unsaturated/α-hetero) is 1. The summed E-state index contributed by atoms with van der Waals surface area (Å²) in [5.74, 6) is 0.0826. The molecule has 0 bridgehead atoms. The quantitative estimate of drug-likeness (QED) is 0.664. The maximum absolute atomic E-state index is 12.2. The van der Waals surface area contributed by atoms with Crippen molar-refractivity contribution < 1.29 is 4.79 Å². The van der Waals surface area contributed by atoms with Gasteiger partial charge < -0.3 is 4.98 Å². The highest BCUT2D eigenvalue weighted by Gasteiger charge is 2.33. The van der Waals surface area contributed by atoms with Gasteiger partial charge in [0.05, 0.1) is 15.0 Å². The highest BCUT2D eigenvalue weighted by molar-refractivity contribution is 8.27. The molecule has 0 amide bonds. The third-order valence-corrected chi connectivity index (χ3v) is 4.93. The highest BCUT2D eigenvalue weighted by atomic mass is 32.2. The molecule has 0 spiro atoms. The van der Waals surface area contributed by atoms with Gasteiger partial charge in [-0.1, -0.05) is 49.1 Å². The molecule has 1 aromatic heterocycles. The number of allylic oxidation sites excluding steroid dienone is 1. The van der Waals surface area contributed by atoms with Crippen molar-refractivity contribution in [1.29, 1.82) is 0 Å². The molecule has 0 radical (unpaired) electrons. The SMILES string of the molecule is CCC1C(=O)/C(=C/c2c[nH]c3ccccc23)SC1=S. The number of hydrogen-bond acceptors (Lipinski definition) is 3. The van der Waals surface area contributed by atoms with E-state index in [-0.39, 0.29) is 11.7 Å². The van der Waals surface area contributed by atoms with Crippen molar-refractivity contribution in [3.05, 3.63) is 40.9 Å². The molecule has 3 rings (SSSR count). The lowest BCUT2D eigenvalue weighted by Gasteiger charge is -2.00. The predicted octanol–water partition coefficient (Wildman–Crippen LogP) is 4.18. The molecule has 1 aliphatic rings. The van der Waals surface area contributed by atoms with E-state index in [1.807, 2.05) is 37.4 Å². The fourth-order valence-electron chi connectivity index (χ4n) is 2.32. The molecule has 1 unspecified atom stereocenters. The van der Waals surface area contributed by atoms with E-state index in [0.717, 1.165) is 32.0 Å². The molecule has 1 atom stereocenters. The van der Waals surface area contributed by atoms with Crippen molar-refractivity contribution >= 4 is 50.9 Å². The minimum atomic E-state index is -0.0866. The fourth-order valence-corrected chi connectivity index (χ4v) is 3.92. The zero-order valence-corrected chi connectivity index (χ0v) is 12.1. The fraction of sp³-hybridized carbons (Fsp3) is 0.200. The first-order valence-corrected chi connectivity index (χ1v) is 7.47. The Morgan fingerprint density at radius 2 is 2.21 bits per heavy atom. The molecule has 0 saturated carbocycles. The Balaban J connectivity index is 2.03. The van der Waals surface area contributed by atoms with Crippen LogP contribution in [0.15, 0.2) is 35.4 Å². The molecule has 4 heteroatoms. The van der Waals surface area contributed by atoms with Crippen LogP contribution in [0.5, 0.6) is 0 Å². The van der Waals surface area contributed by atoms with Gasteiger partial charge in [0.1, 0.15) is 0 Å². The second kappa shape index (κ2) is 4.94. The lowest BCUT2D eigenvalue weighted by Crippen LogP contribution is -2.11. The average Bonchev–Trinajstić information content (AvgIpc) is 2.93. The van der Waals surface area contributed by atoms with Crippen LogP contribution < -0.4 is 0 Å². The van der Waals surface area contributed by atoms with Crippen LogP contribution in [-0.4, -0.2) is 15.0 Å². The van der Waals surface area contributed by atoms with Crippen LogP contribution in [0.3, 0.4) is 0 Å². The number of fused-ring (bicyclic) bond motifs is 1. The minimum Gasteiger partial charge on any atom is -0.361 e. The summed E-state index contributed by atoms with van der Waals surface area (Å²) in [6.45, 7) is 2.00. The summed E-state index contributed by atoms with van der Waals surface area (Å²) < 4.78 is 0.804. The topological polar surface area (TPSA) is 32.9 Å². The maximum Gasteiger partial charge on any atom is 0.178 e. The average molecular weight is 287 g/mol. The number of carbonyl (C=O) groups excluding carboxylic acids is 1. The molecule has 2 aromatic rings. The van der Waals surface area contributed by atoms with Crippen molar-refractivity contribution in [2.75, 3.05) is 0 Å². The Morgan fingerprint density at radius 3 is 2.95 bits per heavy atom. The summed E-state index contributed by atoms with van der Waals surface area (Å²) in [6, 6.07) is 8.08. The molecule has 19 heavy (non-hydrogen) atoms. The third-order valence-electron chi connectivity index (χ3n) is 3.37. The second-order valence-electron chi connectivity index (χ2n) is 4.54. The van der Waals surface area contributed by atoms with Crippen LogP contribution in [0.25, 0.3) is 17.0 Å². The molecule has 1 fully saturated rings. The number of thioether (sulfide) groups is 1. The molecule has 2 heterocycles. The minimum absolute atomic E-state index is 0.0866. The van der Waals surface area contributed by atoms with Gasteiger partial charge in [0.15, 0.2) is 5.78 Å². The van der Waals surface area contributed by atoms with Crippen LogP contribution in [0.2, 0.25) is 0 Å². The smallest absolute Gasteiger partial charge is 0.178 e. The number of benzene rings is 1. The first-order valence-electron chi connectivity index (χ1n) is 6.24. The predicted molar refractivity (Wildman–Crippen MR) is 85.3 cm³/mol. The van der Waals surface area contributed by atoms with E-state index in [4.69, 9.17) is 12.2 Å². The molecule has 1 saturated heterocycles. The lowest BCUT2D eigenvalue weighted by molar-refractivity contribution is -0.116. The molecule has 96 valence electrons. The van der Waals surface area contributed by atoms with Crippen LogP contribution in [0.1, 0.15) is 18.9 Å². The molecule has 1 aliphatic heterocycles. The summed E-state index contributed by atoms with van der Waals surface area (Å²) in [5, 5.41) is 1.13. The lowest BCUT2D eigenvalue weighted by atomic mass is 10.0. The van der Waals surface area contributed by atoms with Crippen LogP contribution in [0.4, 0.5) is 0 Å². The van der Waals surface area contributed by atoms with Gasteiger partial charge >= 0.3 is 0 Å². The summed E-state index contributed by atoms with van der Waals surface area (Å²) in [5.41, 5.74) is 2.13. The number of hydrogen-bond donors (Lipinski definition) is 1. The van der Waals surface area contributed by atoms with Crippen LogP contribution in [0, 0.1) is 5.92 Å². The Morgan fingerprint density at radius 1 is 1.42 bits per heavy atom. The number of nitrogens with one attached hydrogen (secondary N) is 1. The Labute approximate surface area is 121 Å². The van der Waals surface area contributed by atoms with E-state index in [1.54, 1.807) is 0 Å². The number of para-hydroxylation sites is 1. The number of rotatable bonds is 2. The number of H-pyrrole nitrogens is 1. The molecule has 1 N–H and O–H groups in total. The van der Waals surface area contributed by atoms with Gasteiger partial charge in [-0.15, -0.1) is 0 Å². The van der Waals surface area contributed by atoms with E-state index in [0.29, 0.717) is 0 Å². The first-order chi connectivity index (χ1) is 9.20. The van der Waals surface area contributed by atoms with Gasteiger partial charge in [0.25, 0.3) is 0 Å². The first kappa shape index (κ1) is 12.6. The van der Waals surface area contributed by atoms with Crippen molar-refractivity contribution in [2.24, 2.45) is 5.92 Å². The number of aromatic amines is 1. The van der Waals surface area contributed by atoms with E-state index in [9.17, 15) is 4.79 Å². The number of carbonyl (C=O) groups is 1. The molecule has 1 aromatic carbocycles. The van der Waals surface area contributed by atoms with E-state index in [2.05, 4.69) is 11.1 Å². The van der Waals surface area contributed by atoms with Crippen LogP contribution in [-0.2, 0) is 4.79 Å². The van der Waals surface area contributed by atoms with Gasteiger partial charge in [0.2, 0.25) is 0 Å². The number of thiocarbonyl (C=S) groups is 1. The summed E-state index contributed by atoms with van der Waals surface area (Å²) in [7, 11) is 0. The molecule has 0 aliphatic carbocycles. The zero-order valence-electron chi connectivity index (χ0n) is 10.5. The Hall–Kier alpha value is -1.39. The van der Waals surface area contributed by atoms with Gasteiger partial charge in [-0.05, 0) is 18.6 Å². The summed E-state index contributed by atoms with van der Waals surface area (Å²) in [4.78, 5) is 16.2. The normalized spacial score (nSPS) is 21.7. The highest BCUT2D eigenvalue weighted by Crippen LogP contribution is 2.38. The maximum atomic E-state index is 12.2. The van der Waals surface area contributed by atoms with Gasteiger partial charge in [-0.2, -0.15) is 0 Å². The van der Waals surface area contributed by atoms with Crippen LogP contribution >= 0.6 is 24.0 Å². The summed E-state index contributed by atoms with van der Waals surface area (Å²) in [6.07, 6.45) is 4.68. The van der Waals surface area contributed by atoms with Crippen molar-refractivity contribution in [2.45, 2.75) is 13.3 Å². The van der Waals surface area contributed by atoms with E-state index in [1.165, 1.54) is 11.8 Å². The largest absolute Gasteiger partial charge is 0.361 e. The molecular weight excluding hydrogens is 274 g/mol. The Bertz CT molecular complexity index is 699. The Kier molecular flexibility index (Phi) is 3.29.